The largest absolute Gasteiger partial charge is 0.310 e. The molecule has 0 radical (unpaired) electrons. The van der Waals surface area contributed by atoms with Gasteiger partial charge in [-0.3, -0.25) is 4.98 Å². The Bertz CT molecular complexity index is 282. The van der Waals surface area contributed by atoms with Crippen molar-refractivity contribution in [3.8, 4) is 0 Å². The lowest BCUT2D eigenvalue weighted by Crippen LogP contribution is -2.26. The first-order valence-corrected chi connectivity index (χ1v) is 6.89. The van der Waals surface area contributed by atoms with E-state index in [0.29, 0.717) is 12.0 Å². The fraction of sp³-hybridized carbons (Fsp3) is 0.667. The third-order valence-electron chi connectivity index (χ3n) is 3.13. The van der Waals surface area contributed by atoms with Gasteiger partial charge in [0.05, 0.1) is 0 Å². The number of hydrogen-bond donors (Lipinski definition) is 1. The molecule has 1 atom stereocenters. The molecule has 2 heteroatoms. The Hall–Kier alpha value is -0.890. The van der Waals surface area contributed by atoms with Crippen molar-refractivity contribution in [3.05, 3.63) is 30.1 Å². The molecule has 0 spiro atoms. The molecule has 0 saturated heterocycles. The van der Waals surface area contributed by atoms with Crippen LogP contribution in [0.5, 0.6) is 0 Å². The van der Waals surface area contributed by atoms with Gasteiger partial charge in [-0.25, -0.2) is 0 Å². The van der Waals surface area contributed by atoms with Gasteiger partial charge < -0.3 is 5.32 Å². The zero-order valence-corrected chi connectivity index (χ0v) is 11.4. The van der Waals surface area contributed by atoms with Gasteiger partial charge in [0.2, 0.25) is 0 Å². The zero-order chi connectivity index (χ0) is 12.5. The predicted molar refractivity (Wildman–Crippen MR) is 74.0 cm³/mol. The molecule has 0 saturated carbocycles. The Balaban J connectivity index is 2.40. The topological polar surface area (TPSA) is 24.9 Å². The molecule has 1 N–H and O–H groups in total. The lowest BCUT2D eigenvalue weighted by atomic mass is 9.97. The second-order valence-electron chi connectivity index (χ2n) is 5.02. The summed E-state index contributed by atoms with van der Waals surface area (Å²) in [5.74, 6) is 0.614. The van der Waals surface area contributed by atoms with Crippen LogP contribution in [-0.4, -0.2) is 11.5 Å². The highest BCUT2D eigenvalue weighted by molar-refractivity contribution is 5.15. The molecule has 0 aliphatic carbocycles. The fourth-order valence-electron chi connectivity index (χ4n) is 2.12. The molecule has 1 aromatic heterocycles. The van der Waals surface area contributed by atoms with Crippen LogP contribution in [0.25, 0.3) is 0 Å². The summed E-state index contributed by atoms with van der Waals surface area (Å²) in [4.78, 5) is 4.08. The first-order chi connectivity index (χ1) is 8.25. The van der Waals surface area contributed by atoms with Crippen LogP contribution >= 0.6 is 0 Å². The number of hydrogen-bond acceptors (Lipinski definition) is 2. The summed E-state index contributed by atoms with van der Waals surface area (Å²) < 4.78 is 0. The maximum Gasteiger partial charge on any atom is 0.0344 e. The first kappa shape index (κ1) is 14.2. The normalized spacial score (nSPS) is 12.9. The molecule has 1 rings (SSSR count). The van der Waals surface area contributed by atoms with Crippen molar-refractivity contribution in [2.45, 2.75) is 52.5 Å². The molecule has 0 aliphatic heterocycles. The summed E-state index contributed by atoms with van der Waals surface area (Å²) in [5, 5.41) is 3.67. The Morgan fingerprint density at radius 2 is 1.82 bits per heavy atom. The van der Waals surface area contributed by atoms with Crippen molar-refractivity contribution in [1.82, 2.24) is 10.3 Å². The molecule has 0 amide bonds. The predicted octanol–water partition coefficient (Wildman–Crippen LogP) is 3.95. The maximum atomic E-state index is 4.08. The SMILES string of the molecule is CCCCCCN[C@@H](c1ccncc1)C(C)C. The standard InChI is InChI=1S/C15H26N2/c1-4-5-6-7-10-17-15(13(2)3)14-8-11-16-12-9-14/h8-9,11-13,15,17H,4-7,10H2,1-3H3/t15-/m1/s1. The van der Waals surface area contributed by atoms with Gasteiger partial charge in [0.25, 0.3) is 0 Å². The summed E-state index contributed by atoms with van der Waals surface area (Å²) in [7, 11) is 0. The monoisotopic (exact) mass is 234 g/mol. The minimum atomic E-state index is 0.458. The van der Waals surface area contributed by atoms with Gasteiger partial charge in [0.1, 0.15) is 0 Å². The van der Waals surface area contributed by atoms with E-state index in [1.54, 1.807) is 0 Å². The van der Waals surface area contributed by atoms with Crippen LogP contribution in [0.3, 0.4) is 0 Å². The molecule has 96 valence electrons. The highest BCUT2D eigenvalue weighted by Gasteiger charge is 2.14. The summed E-state index contributed by atoms with van der Waals surface area (Å²) >= 11 is 0. The third-order valence-corrected chi connectivity index (χ3v) is 3.13. The van der Waals surface area contributed by atoms with Crippen molar-refractivity contribution in [1.29, 1.82) is 0 Å². The molecule has 1 aromatic rings. The second-order valence-corrected chi connectivity index (χ2v) is 5.02. The number of aromatic nitrogens is 1. The Morgan fingerprint density at radius 1 is 1.12 bits per heavy atom. The molecule has 0 unspecified atom stereocenters. The van der Waals surface area contributed by atoms with Crippen LogP contribution in [0.2, 0.25) is 0 Å². The lowest BCUT2D eigenvalue weighted by molar-refractivity contribution is 0.405. The fourth-order valence-corrected chi connectivity index (χ4v) is 2.12. The van der Waals surface area contributed by atoms with Gasteiger partial charge in [-0.1, -0.05) is 40.0 Å². The van der Waals surface area contributed by atoms with Crippen LogP contribution in [0.4, 0.5) is 0 Å². The molecule has 1 heterocycles. The highest BCUT2D eigenvalue weighted by atomic mass is 14.9. The van der Waals surface area contributed by atoms with Gasteiger partial charge >= 0.3 is 0 Å². The second kappa shape index (κ2) is 8.24. The zero-order valence-electron chi connectivity index (χ0n) is 11.4. The van der Waals surface area contributed by atoms with Crippen LogP contribution in [0.15, 0.2) is 24.5 Å². The number of rotatable bonds is 8. The van der Waals surface area contributed by atoms with E-state index in [9.17, 15) is 0 Å². The van der Waals surface area contributed by atoms with Gasteiger partial charge in [-0.05, 0) is 36.6 Å². The molecular weight excluding hydrogens is 208 g/mol. The van der Waals surface area contributed by atoms with Crippen molar-refractivity contribution in [2.75, 3.05) is 6.54 Å². The van der Waals surface area contributed by atoms with Gasteiger partial charge in [-0.15, -0.1) is 0 Å². The van der Waals surface area contributed by atoms with Crippen molar-refractivity contribution in [3.63, 3.8) is 0 Å². The number of nitrogens with one attached hydrogen (secondary N) is 1. The van der Waals surface area contributed by atoms with E-state index >= 15 is 0 Å². The molecule has 0 bridgehead atoms. The van der Waals surface area contributed by atoms with Crippen molar-refractivity contribution >= 4 is 0 Å². The smallest absolute Gasteiger partial charge is 0.0344 e. The van der Waals surface area contributed by atoms with Crippen LogP contribution in [-0.2, 0) is 0 Å². The molecule has 0 aliphatic rings. The summed E-state index contributed by atoms with van der Waals surface area (Å²) in [5.41, 5.74) is 1.35. The maximum absolute atomic E-state index is 4.08. The Labute approximate surface area is 106 Å². The van der Waals surface area contributed by atoms with E-state index in [0.717, 1.165) is 6.54 Å². The third kappa shape index (κ3) is 5.31. The first-order valence-electron chi connectivity index (χ1n) is 6.89. The van der Waals surface area contributed by atoms with Crippen LogP contribution in [0.1, 0.15) is 58.1 Å². The quantitative estimate of drug-likeness (QED) is 0.689. The van der Waals surface area contributed by atoms with Gasteiger partial charge in [-0.2, -0.15) is 0 Å². The molecule has 2 nitrogen and oxygen atoms in total. The van der Waals surface area contributed by atoms with E-state index in [2.05, 4.69) is 43.2 Å². The average Bonchev–Trinajstić information content (AvgIpc) is 2.34. The summed E-state index contributed by atoms with van der Waals surface area (Å²) in [6, 6.07) is 4.69. The van der Waals surface area contributed by atoms with Crippen molar-refractivity contribution < 1.29 is 0 Å². The van der Waals surface area contributed by atoms with Crippen LogP contribution < -0.4 is 5.32 Å². The Kier molecular flexibility index (Phi) is 6.87. The highest BCUT2D eigenvalue weighted by Crippen LogP contribution is 2.20. The minimum absolute atomic E-state index is 0.458. The van der Waals surface area contributed by atoms with E-state index in [-0.39, 0.29) is 0 Å². The number of pyridine rings is 1. The summed E-state index contributed by atoms with van der Waals surface area (Å²) in [6.07, 6.45) is 9.03. The molecule has 17 heavy (non-hydrogen) atoms. The van der Waals surface area contributed by atoms with Crippen molar-refractivity contribution in [2.24, 2.45) is 5.92 Å². The molecular formula is C15H26N2. The van der Waals surface area contributed by atoms with Gasteiger partial charge in [0.15, 0.2) is 0 Å². The molecule has 0 aromatic carbocycles. The number of nitrogens with zero attached hydrogens (tertiary/aromatic N) is 1. The van der Waals surface area contributed by atoms with Crippen LogP contribution in [0, 0.1) is 5.92 Å². The Morgan fingerprint density at radius 3 is 2.41 bits per heavy atom. The molecule has 0 fully saturated rings. The lowest BCUT2D eigenvalue weighted by Gasteiger charge is -2.22. The van der Waals surface area contributed by atoms with E-state index in [4.69, 9.17) is 0 Å². The van der Waals surface area contributed by atoms with E-state index in [1.165, 1.54) is 31.2 Å². The van der Waals surface area contributed by atoms with E-state index in [1.807, 2.05) is 12.4 Å². The summed E-state index contributed by atoms with van der Waals surface area (Å²) in [6.45, 7) is 7.90. The van der Waals surface area contributed by atoms with E-state index < -0.39 is 0 Å². The van der Waals surface area contributed by atoms with Gasteiger partial charge in [0, 0.05) is 18.4 Å². The minimum Gasteiger partial charge on any atom is -0.310 e. The average molecular weight is 234 g/mol. The number of unbranched alkanes of at least 4 members (excludes halogenated alkanes) is 3.